The van der Waals surface area contributed by atoms with Gasteiger partial charge in [0.05, 0.1) is 12.5 Å². The monoisotopic (exact) mass is 430 g/mol. The largest absolute Gasteiger partial charge is 0.494 e. The van der Waals surface area contributed by atoms with Crippen molar-refractivity contribution < 1.29 is 22.3 Å². The lowest BCUT2D eigenvalue weighted by molar-refractivity contribution is -0.152. The summed E-state index contributed by atoms with van der Waals surface area (Å²) in [6.45, 7) is 2.29. The van der Waals surface area contributed by atoms with Gasteiger partial charge < -0.3 is 4.74 Å². The predicted octanol–water partition coefficient (Wildman–Crippen LogP) is 7.48. The number of aryl methyl sites for hydroxylation is 1. The predicted molar refractivity (Wildman–Crippen MR) is 115 cm³/mol. The van der Waals surface area contributed by atoms with Gasteiger partial charge in [-0.25, -0.2) is 4.39 Å². The van der Waals surface area contributed by atoms with Gasteiger partial charge in [-0.05, 0) is 66.6 Å². The molecule has 0 saturated carbocycles. The standard InChI is InChI=1S/C26H26F4O/c1-2-31-23-14-12-21(13-15-23)24(26(28,29)30)10-6-9-20-11-16-25(27)22(18-20)17-19-7-4-3-5-8-19/h3-5,7-8,11-16,18,24H,2,6,9-10,17H2,1H3. The van der Waals surface area contributed by atoms with Crippen LogP contribution in [0.3, 0.4) is 0 Å². The zero-order valence-electron chi connectivity index (χ0n) is 17.5. The Hall–Kier alpha value is -2.82. The molecule has 0 saturated heterocycles. The molecule has 0 bridgehead atoms. The van der Waals surface area contributed by atoms with Crippen molar-refractivity contribution in [3.05, 3.63) is 101 Å². The van der Waals surface area contributed by atoms with E-state index in [0.717, 1.165) is 11.1 Å². The fourth-order valence-electron chi connectivity index (χ4n) is 3.73. The highest BCUT2D eigenvalue weighted by Gasteiger charge is 2.40. The molecule has 0 fully saturated rings. The maximum atomic E-state index is 14.2. The Bertz CT molecular complexity index is 949. The Labute approximate surface area is 180 Å². The first-order chi connectivity index (χ1) is 14.9. The van der Waals surface area contributed by atoms with E-state index in [1.807, 2.05) is 37.3 Å². The first-order valence-electron chi connectivity index (χ1n) is 10.5. The second-order valence-electron chi connectivity index (χ2n) is 7.58. The van der Waals surface area contributed by atoms with Crippen molar-refractivity contribution in [3.8, 4) is 5.75 Å². The molecule has 1 unspecified atom stereocenters. The zero-order valence-corrected chi connectivity index (χ0v) is 17.5. The number of halogens is 4. The van der Waals surface area contributed by atoms with E-state index in [0.29, 0.717) is 37.2 Å². The van der Waals surface area contributed by atoms with Crippen molar-refractivity contribution in [2.24, 2.45) is 0 Å². The highest BCUT2D eigenvalue weighted by molar-refractivity contribution is 5.32. The number of alkyl halides is 3. The first-order valence-corrected chi connectivity index (χ1v) is 10.5. The Morgan fingerprint density at radius 3 is 2.23 bits per heavy atom. The molecule has 1 nitrogen and oxygen atoms in total. The summed E-state index contributed by atoms with van der Waals surface area (Å²) in [5, 5.41) is 0. The molecular weight excluding hydrogens is 404 g/mol. The fourth-order valence-corrected chi connectivity index (χ4v) is 3.73. The average Bonchev–Trinajstić information content (AvgIpc) is 2.74. The summed E-state index contributed by atoms with van der Waals surface area (Å²) in [5.41, 5.74) is 2.63. The molecule has 3 aromatic carbocycles. The third kappa shape index (κ3) is 6.58. The summed E-state index contributed by atoms with van der Waals surface area (Å²) >= 11 is 0. The van der Waals surface area contributed by atoms with E-state index in [1.165, 1.54) is 18.2 Å². The van der Waals surface area contributed by atoms with E-state index in [1.54, 1.807) is 24.3 Å². The van der Waals surface area contributed by atoms with E-state index < -0.39 is 12.1 Å². The van der Waals surface area contributed by atoms with Gasteiger partial charge in [0, 0.05) is 6.42 Å². The number of hydrogen-bond acceptors (Lipinski definition) is 1. The molecule has 0 heterocycles. The van der Waals surface area contributed by atoms with E-state index in [9.17, 15) is 17.6 Å². The minimum absolute atomic E-state index is 0.0249. The Balaban J connectivity index is 1.65. The van der Waals surface area contributed by atoms with Crippen LogP contribution in [0, 0.1) is 5.82 Å². The van der Waals surface area contributed by atoms with Gasteiger partial charge in [0.2, 0.25) is 0 Å². The van der Waals surface area contributed by atoms with E-state index in [4.69, 9.17) is 4.74 Å². The average molecular weight is 430 g/mol. The van der Waals surface area contributed by atoms with Crippen LogP contribution in [0.1, 0.15) is 47.9 Å². The first kappa shape index (κ1) is 22.9. The molecule has 5 heteroatoms. The third-order valence-corrected chi connectivity index (χ3v) is 5.29. The molecule has 0 aromatic heterocycles. The van der Waals surface area contributed by atoms with Gasteiger partial charge in [-0.2, -0.15) is 13.2 Å². The van der Waals surface area contributed by atoms with Gasteiger partial charge in [-0.1, -0.05) is 54.6 Å². The van der Waals surface area contributed by atoms with E-state index in [-0.39, 0.29) is 17.8 Å². The Morgan fingerprint density at radius 2 is 1.58 bits per heavy atom. The van der Waals surface area contributed by atoms with Crippen LogP contribution in [-0.2, 0) is 12.8 Å². The summed E-state index contributed by atoms with van der Waals surface area (Å²) in [6, 6.07) is 20.5. The van der Waals surface area contributed by atoms with Gasteiger partial charge >= 0.3 is 6.18 Å². The smallest absolute Gasteiger partial charge is 0.395 e. The zero-order chi connectivity index (χ0) is 22.3. The van der Waals surface area contributed by atoms with Crippen LogP contribution in [0.15, 0.2) is 72.8 Å². The minimum atomic E-state index is -4.33. The van der Waals surface area contributed by atoms with Crippen molar-refractivity contribution >= 4 is 0 Å². The SMILES string of the molecule is CCOc1ccc(C(CCCc2ccc(F)c(Cc3ccccc3)c2)C(F)(F)F)cc1. The Morgan fingerprint density at radius 1 is 0.871 bits per heavy atom. The van der Waals surface area contributed by atoms with Gasteiger partial charge in [-0.15, -0.1) is 0 Å². The highest BCUT2D eigenvalue weighted by atomic mass is 19.4. The van der Waals surface area contributed by atoms with Crippen LogP contribution < -0.4 is 4.74 Å². The van der Waals surface area contributed by atoms with E-state index >= 15 is 0 Å². The van der Waals surface area contributed by atoms with Gasteiger partial charge in [-0.3, -0.25) is 0 Å². The van der Waals surface area contributed by atoms with Gasteiger partial charge in [0.25, 0.3) is 0 Å². The van der Waals surface area contributed by atoms with E-state index in [2.05, 4.69) is 0 Å². The quantitative estimate of drug-likeness (QED) is 0.320. The van der Waals surface area contributed by atoms with Crippen molar-refractivity contribution in [2.75, 3.05) is 6.61 Å². The molecule has 0 aliphatic carbocycles. The lowest BCUT2D eigenvalue weighted by Crippen LogP contribution is -2.21. The summed E-state index contributed by atoms with van der Waals surface area (Å²) in [5.74, 6) is -1.27. The molecule has 1 atom stereocenters. The molecule has 0 aliphatic rings. The normalized spacial score (nSPS) is 12.5. The summed E-state index contributed by atoms with van der Waals surface area (Å²) in [4.78, 5) is 0. The maximum absolute atomic E-state index is 14.2. The van der Waals surface area contributed by atoms with Crippen LogP contribution in [0.2, 0.25) is 0 Å². The van der Waals surface area contributed by atoms with Crippen LogP contribution in [-0.4, -0.2) is 12.8 Å². The van der Waals surface area contributed by atoms with Crippen molar-refractivity contribution in [1.29, 1.82) is 0 Å². The molecule has 3 aromatic rings. The summed E-state index contributed by atoms with van der Waals surface area (Å²) in [6.07, 6.45) is -3.07. The molecular formula is C26H26F4O. The molecule has 0 radical (unpaired) electrons. The number of rotatable bonds is 9. The number of hydrogen-bond donors (Lipinski definition) is 0. The van der Waals surface area contributed by atoms with Crippen LogP contribution in [0.25, 0.3) is 0 Å². The lowest BCUT2D eigenvalue weighted by atomic mass is 9.91. The van der Waals surface area contributed by atoms with Crippen molar-refractivity contribution in [2.45, 2.75) is 44.7 Å². The van der Waals surface area contributed by atoms with Crippen LogP contribution in [0.5, 0.6) is 5.75 Å². The van der Waals surface area contributed by atoms with Gasteiger partial charge in [0.1, 0.15) is 11.6 Å². The molecule has 0 N–H and O–H groups in total. The molecule has 164 valence electrons. The summed E-state index contributed by atoms with van der Waals surface area (Å²) < 4.78 is 60.5. The number of benzene rings is 3. The molecule has 0 aliphatic heterocycles. The van der Waals surface area contributed by atoms with Crippen molar-refractivity contribution in [1.82, 2.24) is 0 Å². The fraction of sp³-hybridized carbons (Fsp3) is 0.308. The molecule has 3 rings (SSSR count). The molecule has 31 heavy (non-hydrogen) atoms. The second-order valence-corrected chi connectivity index (χ2v) is 7.58. The topological polar surface area (TPSA) is 9.23 Å². The number of ether oxygens (including phenoxy) is 1. The third-order valence-electron chi connectivity index (χ3n) is 5.29. The van der Waals surface area contributed by atoms with Crippen molar-refractivity contribution in [3.63, 3.8) is 0 Å². The summed E-state index contributed by atoms with van der Waals surface area (Å²) in [7, 11) is 0. The molecule has 0 amide bonds. The maximum Gasteiger partial charge on any atom is 0.395 e. The van der Waals surface area contributed by atoms with Gasteiger partial charge in [0.15, 0.2) is 0 Å². The van der Waals surface area contributed by atoms with Crippen LogP contribution >= 0.6 is 0 Å². The lowest BCUT2D eigenvalue weighted by Gasteiger charge is -2.21. The minimum Gasteiger partial charge on any atom is -0.494 e. The van der Waals surface area contributed by atoms with Crippen LogP contribution in [0.4, 0.5) is 17.6 Å². The second kappa shape index (κ2) is 10.5. The Kier molecular flexibility index (Phi) is 7.72. The highest BCUT2D eigenvalue weighted by Crippen LogP contribution is 2.39. The molecule has 0 spiro atoms.